The van der Waals surface area contributed by atoms with E-state index in [2.05, 4.69) is 17.0 Å². The number of amides is 2. The van der Waals surface area contributed by atoms with E-state index >= 15 is 0 Å². The molecule has 1 saturated heterocycles. The van der Waals surface area contributed by atoms with E-state index in [1.165, 1.54) is 6.07 Å². The van der Waals surface area contributed by atoms with Crippen LogP contribution in [0.15, 0.2) is 23.1 Å². The zero-order valence-corrected chi connectivity index (χ0v) is 20.3. The summed E-state index contributed by atoms with van der Waals surface area (Å²) in [5.41, 5.74) is 6.47. The predicted octanol–water partition coefficient (Wildman–Crippen LogP) is 3.37. The Hall–Kier alpha value is -2.13. The van der Waals surface area contributed by atoms with Gasteiger partial charge in [-0.05, 0) is 50.8 Å². The number of hydrogen-bond donors (Lipinski definition) is 3. The second kappa shape index (κ2) is 12.2. The van der Waals surface area contributed by atoms with Crippen LogP contribution in [0.5, 0.6) is 0 Å². The van der Waals surface area contributed by atoms with E-state index in [4.69, 9.17) is 5.73 Å². The molecule has 0 radical (unpaired) electrons. The zero-order chi connectivity index (χ0) is 23.7. The molecule has 0 saturated carbocycles. The van der Waals surface area contributed by atoms with Crippen LogP contribution in [0.25, 0.3) is 0 Å². The van der Waals surface area contributed by atoms with E-state index in [9.17, 15) is 18.0 Å². The Morgan fingerprint density at radius 2 is 1.84 bits per heavy atom. The molecule has 9 heteroatoms. The minimum atomic E-state index is -3.80. The van der Waals surface area contributed by atoms with Gasteiger partial charge in [0.15, 0.2) is 0 Å². The topological polar surface area (TPSA) is 122 Å². The summed E-state index contributed by atoms with van der Waals surface area (Å²) in [4.78, 5) is 25.9. The first-order valence-corrected chi connectivity index (χ1v) is 13.2. The van der Waals surface area contributed by atoms with Gasteiger partial charge in [0.2, 0.25) is 21.8 Å². The Bertz CT molecular complexity index is 880. The van der Waals surface area contributed by atoms with Crippen molar-refractivity contribution in [1.82, 2.24) is 4.72 Å². The van der Waals surface area contributed by atoms with Gasteiger partial charge in [-0.15, -0.1) is 0 Å². The number of primary amides is 1. The molecule has 0 bridgehead atoms. The average Bonchev–Trinajstić information content (AvgIpc) is 2.76. The van der Waals surface area contributed by atoms with Crippen LogP contribution in [-0.2, 0) is 19.6 Å². The average molecular weight is 467 g/mol. The fraction of sp³-hybridized carbons (Fsp3) is 0.652. The van der Waals surface area contributed by atoms with E-state index in [0.29, 0.717) is 50.1 Å². The summed E-state index contributed by atoms with van der Waals surface area (Å²) in [6.45, 7) is 6.94. The number of piperidine rings is 1. The predicted molar refractivity (Wildman–Crippen MR) is 128 cm³/mol. The lowest BCUT2D eigenvalue weighted by molar-refractivity contribution is -0.122. The molecule has 32 heavy (non-hydrogen) atoms. The van der Waals surface area contributed by atoms with Gasteiger partial charge in [0, 0.05) is 37.2 Å². The molecular formula is C23H38N4O4S. The van der Waals surface area contributed by atoms with Gasteiger partial charge < -0.3 is 16.0 Å². The van der Waals surface area contributed by atoms with Crippen LogP contribution < -0.4 is 20.7 Å². The van der Waals surface area contributed by atoms with Gasteiger partial charge in [0.1, 0.15) is 4.90 Å². The molecule has 1 atom stereocenters. The Kier molecular flexibility index (Phi) is 9.96. The van der Waals surface area contributed by atoms with Crippen LogP contribution in [0.2, 0.25) is 0 Å². The van der Waals surface area contributed by atoms with E-state index < -0.39 is 10.0 Å². The van der Waals surface area contributed by atoms with Gasteiger partial charge >= 0.3 is 0 Å². The summed E-state index contributed by atoms with van der Waals surface area (Å²) in [6, 6.07) is 4.79. The highest BCUT2D eigenvalue weighted by Gasteiger charge is 2.28. The van der Waals surface area contributed by atoms with Gasteiger partial charge in [-0.2, -0.15) is 0 Å². The lowest BCUT2D eigenvalue weighted by Gasteiger charge is -2.33. The van der Waals surface area contributed by atoms with Crippen LogP contribution >= 0.6 is 0 Å². The molecule has 8 nitrogen and oxygen atoms in total. The third-order valence-corrected chi connectivity index (χ3v) is 7.62. The van der Waals surface area contributed by atoms with E-state index in [0.717, 1.165) is 25.7 Å². The second-order valence-electron chi connectivity index (χ2n) is 8.64. The summed E-state index contributed by atoms with van der Waals surface area (Å²) >= 11 is 0. The van der Waals surface area contributed by atoms with Crippen molar-refractivity contribution in [2.24, 2.45) is 11.7 Å². The third-order valence-electron chi connectivity index (χ3n) is 6.00. The molecule has 0 aliphatic carbocycles. The Labute approximate surface area is 192 Å². The normalized spacial score (nSPS) is 16.0. The highest BCUT2D eigenvalue weighted by Crippen LogP contribution is 2.32. The second-order valence-corrected chi connectivity index (χ2v) is 10.3. The Balaban J connectivity index is 2.25. The minimum Gasteiger partial charge on any atom is -0.370 e. The first kappa shape index (κ1) is 26.1. The SMILES string of the molecule is CCCCCCC(=O)Nc1ccc(N2CCC(C(N)=O)CC2)c(S(=O)(=O)NC(C)CC)c1. The van der Waals surface area contributed by atoms with Crippen molar-refractivity contribution in [3.63, 3.8) is 0 Å². The lowest BCUT2D eigenvalue weighted by Crippen LogP contribution is -2.40. The summed E-state index contributed by atoms with van der Waals surface area (Å²) in [7, 11) is -3.80. The number of nitrogens with two attached hydrogens (primary N) is 1. The van der Waals surface area contributed by atoms with Crippen molar-refractivity contribution >= 4 is 33.2 Å². The molecule has 2 amide bonds. The maximum atomic E-state index is 13.2. The van der Waals surface area contributed by atoms with Gasteiger partial charge in [-0.25, -0.2) is 13.1 Å². The highest BCUT2D eigenvalue weighted by molar-refractivity contribution is 7.89. The Morgan fingerprint density at radius 1 is 1.16 bits per heavy atom. The van der Waals surface area contributed by atoms with E-state index in [-0.39, 0.29) is 28.7 Å². The Morgan fingerprint density at radius 3 is 2.44 bits per heavy atom. The van der Waals surface area contributed by atoms with Gasteiger partial charge in [-0.3, -0.25) is 9.59 Å². The number of nitrogens with one attached hydrogen (secondary N) is 2. The van der Waals surface area contributed by atoms with Crippen LogP contribution in [0.1, 0.15) is 72.1 Å². The number of nitrogens with zero attached hydrogens (tertiary/aromatic N) is 1. The largest absolute Gasteiger partial charge is 0.370 e. The smallest absolute Gasteiger partial charge is 0.242 e. The standard InChI is InChI=1S/C23H38N4O4S/c1-4-6-7-8-9-22(28)25-19-10-11-20(27-14-12-18(13-15-27)23(24)29)21(16-19)32(30,31)26-17(3)5-2/h10-11,16-18,26H,4-9,12-15H2,1-3H3,(H2,24,29)(H,25,28). The molecule has 2 rings (SSSR count). The van der Waals surface area contributed by atoms with Crippen molar-refractivity contribution in [1.29, 1.82) is 0 Å². The summed E-state index contributed by atoms with van der Waals surface area (Å²) < 4.78 is 29.1. The van der Waals surface area contributed by atoms with Gasteiger partial charge in [0.25, 0.3) is 0 Å². The number of sulfonamides is 1. The number of unbranched alkanes of at least 4 members (excludes halogenated alkanes) is 3. The van der Waals surface area contributed by atoms with Crippen molar-refractivity contribution in [3.8, 4) is 0 Å². The van der Waals surface area contributed by atoms with Crippen LogP contribution in [0.3, 0.4) is 0 Å². The molecule has 1 aliphatic rings. The number of rotatable bonds is 12. The molecule has 0 aromatic heterocycles. The maximum absolute atomic E-state index is 13.2. The third kappa shape index (κ3) is 7.48. The number of benzene rings is 1. The number of hydrogen-bond acceptors (Lipinski definition) is 5. The lowest BCUT2D eigenvalue weighted by atomic mass is 9.96. The number of carbonyl (C=O) groups is 2. The molecule has 1 aliphatic heterocycles. The summed E-state index contributed by atoms with van der Waals surface area (Å²) in [5, 5.41) is 2.84. The van der Waals surface area contributed by atoms with Gasteiger partial charge in [-0.1, -0.05) is 33.1 Å². The molecule has 1 fully saturated rings. The van der Waals surface area contributed by atoms with Crippen molar-refractivity contribution in [3.05, 3.63) is 18.2 Å². The summed E-state index contributed by atoms with van der Waals surface area (Å²) in [6.07, 6.45) is 6.26. The molecule has 1 unspecified atom stereocenters. The van der Waals surface area contributed by atoms with Crippen molar-refractivity contribution < 1.29 is 18.0 Å². The molecule has 1 aromatic carbocycles. The molecular weight excluding hydrogens is 428 g/mol. The van der Waals surface area contributed by atoms with Crippen LogP contribution in [-0.4, -0.2) is 39.4 Å². The molecule has 1 aromatic rings. The zero-order valence-electron chi connectivity index (χ0n) is 19.5. The van der Waals surface area contributed by atoms with Gasteiger partial charge in [0.05, 0.1) is 5.69 Å². The fourth-order valence-electron chi connectivity index (χ4n) is 3.82. The van der Waals surface area contributed by atoms with Crippen LogP contribution in [0.4, 0.5) is 11.4 Å². The van der Waals surface area contributed by atoms with E-state index in [1.54, 1.807) is 12.1 Å². The quantitative estimate of drug-likeness (QED) is 0.408. The van der Waals surface area contributed by atoms with Crippen LogP contribution in [0, 0.1) is 5.92 Å². The molecule has 4 N–H and O–H groups in total. The summed E-state index contributed by atoms with van der Waals surface area (Å²) in [5.74, 6) is -0.613. The molecule has 1 heterocycles. The number of carbonyl (C=O) groups excluding carboxylic acids is 2. The molecule has 0 spiro atoms. The van der Waals surface area contributed by atoms with Crippen molar-refractivity contribution in [2.45, 2.75) is 83.1 Å². The first-order chi connectivity index (χ1) is 15.2. The monoisotopic (exact) mass is 466 g/mol. The highest BCUT2D eigenvalue weighted by atomic mass is 32.2. The van der Waals surface area contributed by atoms with Crippen molar-refractivity contribution in [2.75, 3.05) is 23.3 Å². The minimum absolute atomic E-state index is 0.116. The maximum Gasteiger partial charge on any atom is 0.242 e. The number of anilines is 2. The fourth-order valence-corrected chi connectivity index (χ4v) is 5.40. The van der Waals surface area contributed by atoms with E-state index in [1.807, 2.05) is 18.7 Å². The first-order valence-electron chi connectivity index (χ1n) is 11.7. The molecule has 180 valence electrons.